The summed E-state index contributed by atoms with van der Waals surface area (Å²) in [5, 5.41) is 2.56. The van der Waals surface area contributed by atoms with Crippen LogP contribution in [0.5, 0.6) is 0 Å². The monoisotopic (exact) mass is 436 g/mol. The predicted octanol–water partition coefficient (Wildman–Crippen LogP) is 5.58. The third kappa shape index (κ3) is 4.17. The second kappa shape index (κ2) is 9.15. The van der Waals surface area contributed by atoms with Gasteiger partial charge in [-0.3, -0.25) is 9.69 Å². The molecule has 1 atom stereocenters. The third-order valence-corrected chi connectivity index (χ3v) is 7.06. The molecule has 3 aromatic rings. The van der Waals surface area contributed by atoms with Crippen LogP contribution in [-0.2, 0) is 4.74 Å². The summed E-state index contributed by atoms with van der Waals surface area (Å²) in [6, 6.07) is 18.6. The fourth-order valence-electron chi connectivity index (χ4n) is 5.27. The minimum absolute atomic E-state index is 0.000370. The molecule has 2 aromatic carbocycles. The van der Waals surface area contributed by atoms with Crippen molar-refractivity contribution in [3.63, 3.8) is 0 Å². The average molecular weight is 437 g/mol. The van der Waals surface area contributed by atoms with Gasteiger partial charge in [0, 0.05) is 35.2 Å². The molecule has 0 bridgehead atoms. The molecule has 0 amide bonds. The molecule has 5 rings (SSSR count). The number of hydrogen-bond acceptors (Lipinski definition) is 3. The molecule has 162 valence electrons. The van der Waals surface area contributed by atoms with Crippen molar-refractivity contribution in [1.82, 2.24) is 9.47 Å². The first-order valence-electron chi connectivity index (χ1n) is 11.4. The van der Waals surface area contributed by atoms with Gasteiger partial charge in [0.05, 0.1) is 19.3 Å². The largest absolute Gasteiger partial charge is 0.379 e. The van der Waals surface area contributed by atoms with Gasteiger partial charge in [-0.25, -0.2) is 0 Å². The summed E-state index contributed by atoms with van der Waals surface area (Å²) in [6.07, 6.45) is 5.78. The maximum Gasteiger partial charge on any atom is 0.258 e. The van der Waals surface area contributed by atoms with E-state index in [1.165, 1.54) is 24.8 Å². The van der Waals surface area contributed by atoms with Crippen LogP contribution in [0.25, 0.3) is 10.8 Å². The lowest BCUT2D eigenvalue weighted by Gasteiger charge is -2.38. The second-order valence-corrected chi connectivity index (χ2v) is 9.16. The minimum Gasteiger partial charge on any atom is -0.379 e. The molecule has 2 fully saturated rings. The number of hydrogen-bond donors (Lipinski definition) is 0. The van der Waals surface area contributed by atoms with Gasteiger partial charge >= 0.3 is 0 Å². The first-order valence-corrected chi connectivity index (χ1v) is 11.8. The van der Waals surface area contributed by atoms with E-state index in [2.05, 4.69) is 33.7 Å². The fraction of sp³-hybridized carbons (Fsp3) is 0.423. The van der Waals surface area contributed by atoms with Crippen LogP contribution in [0.4, 0.5) is 0 Å². The van der Waals surface area contributed by atoms with Crippen molar-refractivity contribution in [1.29, 1.82) is 0 Å². The third-order valence-electron chi connectivity index (χ3n) is 6.81. The first-order chi connectivity index (χ1) is 15.2. The van der Waals surface area contributed by atoms with Gasteiger partial charge in [-0.2, -0.15) is 0 Å². The molecule has 0 N–H and O–H groups in total. The van der Waals surface area contributed by atoms with E-state index in [9.17, 15) is 4.79 Å². The molecule has 1 unspecified atom stereocenters. The van der Waals surface area contributed by atoms with Crippen LogP contribution in [0.1, 0.15) is 55.4 Å². The van der Waals surface area contributed by atoms with E-state index in [-0.39, 0.29) is 17.6 Å². The highest BCUT2D eigenvalue weighted by molar-refractivity contribution is 6.30. The normalized spacial score (nSPS) is 19.5. The Morgan fingerprint density at radius 1 is 0.935 bits per heavy atom. The van der Waals surface area contributed by atoms with Gasteiger partial charge in [-0.1, -0.05) is 61.2 Å². The van der Waals surface area contributed by atoms with E-state index in [4.69, 9.17) is 16.3 Å². The summed E-state index contributed by atoms with van der Waals surface area (Å²) >= 11 is 6.22. The zero-order valence-electron chi connectivity index (χ0n) is 17.8. The summed E-state index contributed by atoms with van der Waals surface area (Å²) < 4.78 is 7.79. The van der Waals surface area contributed by atoms with E-state index in [1.807, 2.05) is 30.3 Å². The fourth-order valence-corrected chi connectivity index (χ4v) is 5.40. The maximum atomic E-state index is 13.8. The van der Waals surface area contributed by atoms with Crippen LogP contribution >= 0.6 is 11.6 Å². The first kappa shape index (κ1) is 20.7. The standard InChI is InChI=1S/C26H29ClN2O2/c27-21-12-10-19(11-13-21)25(28-14-16-31-17-15-28)24-18-20-6-4-5-9-23(20)26(30)29(24)22-7-2-1-3-8-22/h4-6,9-13,18,22,25H,1-3,7-8,14-17H2. The number of morpholine rings is 1. The van der Waals surface area contributed by atoms with Gasteiger partial charge in [-0.15, -0.1) is 0 Å². The number of halogens is 1. The topological polar surface area (TPSA) is 34.5 Å². The molecule has 2 aliphatic rings. The lowest BCUT2D eigenvalue weighted by molar-refractivity contribution is 0.0220. The molecule has 31 heavy (non-hydrogen) atoms. The van der Waals surface area contributed by atoms with Gasteiger partial charge < -0.3 is 9.30 Å². The SMILES string of the molecule is O=c1c2ccccc2cc(C(c2ccc(Cl)cc2)N2CCOCC2)n1C1CCCCC1. The highest BCUT2D eigenvalue weighted by atomic mass is 35.5. The molecular formula is C26H29ClN2O2. The summed E-state index contributed by atoms with van der Waals surface area (Å²) in [5.74, 6) is 0. The summed E-state index contributed by atoms with van der Waals surface area (Å²) in [4.78, 5) is 16.3. The van der Waals surface area contributed by atoms with Crippen molar-refractivity contribution in [2.24, 2.45) is 0 Å². The quantitative estimate of drug-likeness (QED) is 0.535. The summed E-state index contributed by atoms with van der Waals surface area (Å²) in [7, 11) is 0. The van der Waals surface area contributed by atoms with E-state index in [1.54, 1.807) is 0 Å². The molecule has 1 aliphatic carbocycles. The van der Waals surface area contributed by atoms with E-state index >= 15 is 0 Å². The van der Waals surface area contributed by atoms with Crippen molar-refractivity contribution in [2.75, 3.05) is 26.3 Å². The Kier molecular flexibility index (Phi) is 6.13. The number of ether oxygens (including phenoxy) is 1. The molecule has 0 spiro atoms. The number of nitrogens with zero attached hydrogens (tertiary/aromatic N) is 2. The van der Waals surface area contributed by atoms with Crippen molar-refractivity contribution < 1.29 is 4.74 Å². The lowest BCUT2D eigenvalue weighted by atomic mass is 9.92. The van der Waals surface area contributed by atoms with Crippen LogP contribution < -0.4 is 5.56 Å². The molecule has 1 aromatic heterocycles. The number of pyridine rings is 1. The van der Waals surface area contributed by atoms with E-state index in [0.29, 0.717) is 13.2 Å². The van der Waals surface area contributed by atoms with Crippen molar-refractivity contribution in [3.05, 3.63) is 81.2 Å². The van der Waals surface area contributed by atoms with Gasteiger partial charge in [0.2, 0.25) is 0 Å². The Bertz CT molecular complexity index is 1100. The van der Waals surface area contributed by atoms with Crippen LogP contribution in [0.15, 0.2) is 59.4 Å². The molecule has 0 radical (unpaired) electrons. The number of benzene rings is 2. The average Bonchev–Trinajstić information content (AvgIpc) is 2.82. The Hall–Kier alpha value is -2.14. The highest BCUT2D eigenvalue weighted by Crippen LogP contribution is 2.36. The minimum atomic E-state index is 0.000370. The number of aromatic nitrogens is 1. The smallest absolute Gasteiger partial charge is 0.258 e. The van der Waals surface area contributed by atoms with Gasteiger partial charge in [0.15, 0.2) is 0 Å². The molecule has 4 nitrogen and oxygen atoms in total. The Balaban J connectivity index is 1.73. The van der Waals surface area contributed by atoms with Crippen molar-refractivity contribution in [2.45, 2.75) is 44.2 Å². The van der Waals surface area contributed by atoms with Gasteiger partial charge in [-0.05, 0) is 48.1 Å². The van der Waals surface area contributed by atoms with Crippen molar-refractivity contribution in [3.8, 4) is 0 Å². The van der Waals surface area contributed by atoms with E-state index < -0.39 is 0 Å². The van der Waals surface area contributed by atoms with Crippen LogP contribution in [-0.4, -0.2) is 35.8 Å². The molecule has 2 heterocycles. The molecule has 1 saturated carbocycles. The maximum absolute atomic E-state index is 13.8. The molecular weight excluding hydrogens is 408 g/mol. The van der Waals surface area contributed by atoms with E-state index in [0.717, 1.165) is 47.4 Å². The number of fused-ring (bicyclic) bond motifs is 1. The zero-order valence-corrected chi connectivity index (χ0v) is 18.6. The Labute approximate surface area is 188 Å². The zero-order chi connectivity index (χ0) is 21.2. The van der Waals surface area contributed by atoms with Crippen LogP contribution in [0.2, 0.25) is 5.02 Å². The molecule has 1 saturated heterocycles. The highest BCUT2D eigenvalue weighted by Gasteiger charge is 2.30. The number of rotatable bonds is 4. The lowest BCUT2D eigenvalue weighted by Crippen LogP contribution is -2.42. The van der Waals surface area contributed by atoms with Crippen LogP contribution in [0, 0.1) is 0 Å². The van der Waals surface area contributed by atoms with Gasteiger partial charge in [0.1, 0.15) is 0 Å². The molecule has 5 heteroatoms. The van der Waals surface area contributed by atoms with Gasteiger partial charge in [0.25, 0.3) is 5.56 Å². The van der Waals surface area contributed by atoms with Crippen LogP contribution in [0.3, 0.4) is 0 Å². The summed E-state index contributed by atoms with van der Waals surface area (Å²) in [5.41, 5.74) is 2.41. The van der Waals surface area contributed by atoms with Crippen molar-refractivity contribution >= 4 is 22.4 Å². The molecule has 1 aliphatic heterocycles. The Morgan fingerprint density at radius 2 is 1.65 bits per heavy atom. The summed E-state index contributed by atoms with van der Waals surface area (Å²) in [6.45, 7) is 3.12. The predicted molar refractivity (Wildman–Crippen MR) is 126 cm³/mol. The second-order valence-electron chi connectivity index (χ2n) is 8.73. The Morgan fingerprint density at radius 3 is 2.39 bits per heavy atom.